The predicted molar refractivity (Wildman–Crippen MR) is 74.5 cm³/mol. The average Bonchev–Trinajstić information content (AvgIpc) is 2.68. The van der Waals surface area contributed by atoms with Crippen LogP contribution in [0.25, 0.3) is 0 Å². The summed E-state index contributed by atoms with van der Waals surface area (Å²) in [4.78, 5) is 13.7. The van der Waals surface area contributed by atoms with Gasteiger partial charge in [0.05, 0.1) is 5.02 Å². The lowest BCUT2D eigenvalue weighted by molar-refractivity contribution is -0.117. The zero-order chi connectivity index (χ0) is 12.6. The maximum atomic E-state index is 11.9. The molecule has 0 aromatic heterocycles. The molecule has 1 aromatic carbocycles. The first-order valence-electron chi connectivity index (χ1n) is 5.42. The second-order valence-electron chi connectivity index (χ2n) is 4.21. The minimum absolute atomic E-state index is 0.136. The van der Waals surface area contributed by atoms with Gasteiger partial charge in [0.1, 0.15) is 0 Å². The Morgan fingerprint density at radius 2 is 2.29 bits per heavy atom. The quantitative estimate of drug-likeness (QED) is 0.757. The monoisotopic (exact) mass is 313 g/mol. The molecular formula is C13H13BrClNO. The van der Waals surface area contributed by atoms with Crippen molar-refractivity contribution in [2.45, 2.75) is 13.3 Å². The van der Waals surface area contributed by atoms with Gasteiger partial charge in [0.15, 0.2) is 0 Å². The molecule has 0 saturated carbocycles. The second kappa shape index (κ2) is 4.83. The van der Waals surface area contributed by atoms with Crippen LogP contribution in [0.3, 0.4) is 0 Å². The van der Waals surface area contributed by atoms with E-state index in [1.807, 2.05) is 25.1 Å². The highest BCUT2D eigenvalue weighted by Crippen LogP contribution is 2.35. The molecule has 1 unspecified atom stereocenters. The number of carbonyl (C=O) groups is 1. The number of nitrogens with zero attached hydrogens (tertiary/aromatic N) is 1. The summed E-state index contributed by atoms with van der Waals surface area (Å²) in [5, 5.41) is 0.664. The Morgan fingerprint density at radius 1 is 1.59 bits per heavy atom. The fourth-order valence-corrected chi connectivity index (χ4v) is 2.65. The van der Waals surface area contributed by atoms with Crippen molar-refractivity contribution in [3.8, 4) is 0 Å². The average molecular weight is 315 g/mol. The molecule has 0 bridgehead atoms. The first-order chi connectivity index (χ1) is 8.04. The minimum Gasteiger partial charge on any atom is -0.311 e. The Labute approximate surface area is 114 Å². The van der Waals surface area contributed by atoms with Gasteiger partial charge in [-0.2, -0.15) is 0 Å². The molecule has 4 heteroatoms. The standard InChI is InChI=1S/C13H13BrClNO/c1-3-9-6-12(17)16(7-9)11-5-4-10(14)13(15)8(11)2/h3-5,9H,1,6-7H2,2H3. The van der Waals surface area contributed by atoms with Crippen LogP contribution in [0.4, 0.5) is 5.69 Å². The van der Waals surface area contributed by atoms with E-state index in [9.17, 15) is 4.79 Å². The SMILES string of the molecule is C=CC1CC(=O)N(c2ccc(Br)c(Cl)c2C)C1. The van der Waals surface area contributed by atoms with Crippen molar-refractivity contribution in [3.05, 3.63) is 39.8 Å². The van der Waals surface area contributed by atoms with E-state index >= 15 is 0 Å². The molecule has 1 amide bonds. The van der Waals surface area contributed by atoms with Crippen LogP contribution in [-0.4, -0.2) is 12.5 Å². The Balaban J connectivity index is 2.39. The molecule has 0 radical (unpaired) electrons. The van der Waals surface area contributed by atoms with Gasteiger partial charge in [0.25, 0.3) is 0 Å². The number of amides is 1. The molecule has 1 fully saturated rings. The highest BCUT2D eigenvalue weighted by atomic mass is 79.9. The third-order valence-electron chi connectivity index (χ3n) is 3.09. The zero-order valence-electron chi connectivity index (χ0n) is 9.54. The molecule has 2 rings (SSSR count). The fraction of sp³-hybridized carbons (Fsp3) is 0.308. The van der Waals surface area contributed by atoms with Gasteiger partial charge in [-0.25, -0.2) is 0 Å². The van der Waals surface area contributed by atoms with Crippen LogP contribution in [0, 0.1) is 12.8 Å². The van der Waals surface area contributed by atoms with Crippen LogP contribution in [0.2, 0.25) is 5.02 Å². The molecule has 1 aliphatic rings. The summed E-state index contributed by atoms with van der Waals surface area (Å²) in [5.41, 5.74) is 1.83. The summed E-state index contributed by atoms with van der Waals surface area (Å²) in [6.45, 7) is 6.37. The van der Waals surface area contributed by atoms with E-state index in [0.717, 1.165) is 15.7 Å². The van der Waals surface area contributed by atoms with Crippen molar-refractivity contribution >= 4 is 39.1 Å². The van der Waals surface area contributed by atoms with Gasteiger partial charge in [-0.3, -0.25) is 4.79 Å². The molecular weight excluding hydrogens is 302 g/mol. The topological polar surface area (TPSA) is 20.3 Å². The molecule has 2 nitrogen and oxygen atoms in total. The van der Waals surface area contributed by atoms with Crippen LogP contribution in [-0.2, 0) is 4.79 Å². The summed E-state index contributed by atoms with van der Waals surface area (Å²) in [5.74, 6) is 0.376. The molecule has 1 saturated heterocycles. The van der Waals surface area contributed by atoms with Crippen molar-refractivity contribution in [2.24, 2.45) is 5.92 Å². The van der Waals surface area contributed by atoms with E-state index in [2.05, 4.69) is 22.5 Å². The van der Waals surface area contributed by atoms with Crippen molar-refractivity contribution < 1.29 is 4.79 Å². The lowest BCUT2D eigenvalue weighted by Gasteiger charge is -2.20. The van der Waals surface area contributed by atoms with Crippen LogP contribution < -0.4 is 4.90 Å². The summed E-state index contributed by atoms with van der Waals surface area (Å²) in [7, 11) is 0. The second-order valence-corrected chi connectivity index (χ2v) is 5.44. The third kappa shape index (κ3) is 2.26. The first kappa shape index (κ1) is 12.7. The number of benzene rings is 1. The maximum absolute atomic E-state index is 11.9. The van der Waals surface area contributed by atoms with Crippen LogP contribution in [0.15, 0.2) is 29.3 Å². The number of halogens is 2. The highest BCUT2D eigenvalue weighted by molar-refractivity contribution is 9.10. The van der Waals surface area contributed by atoms with Crippen LogP contribution in [0.1, 0.15) is 12.0 Å². The van der Waals surface area contributed by atoms with Gasteiger partial charge in [-0.15, -0.1) is 6.58 Å². The molecule has 0 aliphatic carbocycles. The fourth-order valence-electron chi connectivity index (χ4n) is 2.06. The van der Waals surface area contributed by atoms with Crippen molar-refractivity contribution in [3.63, 3.8) is 0 Å². The van der Waals surface area contributed by atoms with Crippen LogP contribution >= 0.6 is 27.5 Å². The molecule has 1 atom stereocenters. The van der Waals surface area contributed by atoms with E-state index in [-0.39, 0.29) is 11.8 Å². The third-order valence-corrected chi connectivity index (χ3v) is 4.47. The van der Waals surface area contributed by atoms with Gasteiger partial charge in [-0.05, 0) is 40.5 Å². The highest BCUT2D eigenvalue weighted by Gasteiger charge is 2.30. The zero-order valence-corrected chi connectivity index (χ0v) is 11.9. The smallest absolute Gasteiger partial charge is 0.227 e. The Hall–Kier alpha value is -0.800. The van der Waals surface area contributed by atoms with E-state index in [1.165, 1.54) is 0 Å². The van der Waals surface area contributed by atoms with Crippen molar-refractivity contribution in [1.82, 2.24) is 0 Å². The Morgan fingerprint density at radius 3 is 2.88 bits per heavy atom. The lowest BCUT2D eigenvalue weighted by Crippen LogP contribution is -2.25. The number of rotatable bonds is 2. The molecule has 1 aliphatic heterocycles. The molecule has 1 heterocycles. The summed E-state index contributed by atoms with van der Waals surface area (Å²) >= 11 is 9.55. The van der Waals surface area contributed by atoms with Crippen LogP contribution in [0.5, 0.6) is 0 Å². The molecule has 90 valence electrons. The number of carbonyl (C=O) groups excluding carboxylic acids is 1. The van der Waals surface area contributed by atoms with Gasteiger partial charge < -0.3 is 4.90 Å². The van der Waals surface area contributed by atoms with E-state index in [0.29, 0.717) is 18.0 Å². The minimum atomic E-state index is 0.136. The van der Waals surface area contributed by atoms with Crippen molar-refractivity contribution in [2.75, 3.05) is 11.4 Å². The van der Waals surface area contributed by atoms with Gasteiger partial charge >= 0.3 is 0 Å². The normalized spacial score (nSPS) is 19.8. The number of hydrogen-bond acceptors (Lipinski definition) is 1. The van der Waals surface area contributed by atoms with Gasteiger partial charge in [0.2, 0.25) is 5.91 Å². The molecule has 1 aromatic rings. The molecule has 0 N–H and O–H groups in total. The summed E-state index contributed by atoms with van der Waals surface area (Å²) in [6.07, 6.45) is 2.38. The summed E-state index contributed by atoms with van der Waals surface area (Å²) in [6, 6.07) is 3.80. The summed E-state index contributed by atoms with van der Waals surface area (Å²) < 4.78 is 0.854. The molecule has 17 heavy (non-hydrogen) atoms. The lowest BCUT2D eigenvalue weighted by atomic mass is 10.1. The maximum Gasteiger partial charge on any atom is 0.227 e. The van der Waals surface area contributed by atoms with Gasteiger partial charge in [-0.1, -0.05) is 17.7 Å². The van der Waals surface area contributed by atoms with E-state index < -0.39 is 0 Å². The van der Waals surface area contributed by atoms with Gasteiger partial charge in [0, 0.05) is 29.0 Å². The first-order valence-corrected chi connectivity index (χ1v) is 6.59. The largest absolute Gasteiger partial charge is 0.311 e. The Kier molecular flexibility index (Phi) is 3.59. The number of anilines is 1. The predicted octanol–water partition coefficient (Wildman–Crippen LogP) is 3.95. The van der Waals surface area contributed by atoms with Crippen molar-refractivity contribution in [1.29, 1.82) is 0 Å². The van der Waals surface area contributed by atoms with E-state index in [1.54, 1.807) is 4.90 Å². The Bertz CT molecular complexity index is 487. The number of hydrogen-bond donors (Lipinski definition) is 0. The van der Waals surface area contributed by atoms with E-state index in [4.69, 9.17) is 11.6 Å². The molecule has 0 spiro atoms.